The van der Waals surface area contributed by atoms with Gasteiger partial charge in [-0.1, -0.05) is 18.5 Å². The summed E-state index contributed by atoms with van der Waals surface area (Å²) in [7, 11) is 0. The predicted octanol–water partition coefficient (Wildman–Crippen LogP) is 4.79. The van der Waals surface area contributed by atoms with E-state index in [1.165, 1.54) is 47.9 Å². The van der Waals surface area contributed by atoms with Gasteiger partial charge in [-0.05, 0) is 60.4 Å². The van der Waals surface area contributed by atoms with Crippen LogP contribution < -0.4 is 10.6 Å². The fourth-order valence-corrected chi connectivity index (χ4v) is 5.54. The van der Waals surface area contributed by atoms with E-state index in [0.29, 0.717) is 35.4 Å². The third-order valence-corrected chi connectivity index (χ3v) is 7.73. The highest BCUT2D eigenvalue weighted by Gasteiger charge is 2.30. The first-order valence-corrected chi connectivity index (χ1v) is 13.5. The summed E-state index contributed by atoms with van der Waals surface area (Å²) in [5.74, 6) is -3.31. The minimum absolute atomic E-state index is 0.0287. The number of imidazole rings is 1. The number of carbonyl (C=O) groups is 3. The number of nitrogens with one attached hydrogen (secondary N) is 2. The predicted molar refractivity (Wildman–Crippen MR) is 146 cm³/mol. The Bertz CT molecular complexity index is 1630. The first kappa shape index (κ1) is 27.8. The van der Waals surface area contributed by atoms with Crippen LogP contribution in [0.4, 0.5) is 14.6 Å². The molecule has 13 heteroatoms. The highest BCUT2D eigenvalue weighted by Crippen LogP contribution is 2.36. The third-order valence-electron chi connectivity index (χ3n) is 6.56. The van der Waals surface area contributed by atoms with Gasteiger partial charge in [0.2, 0.25) is 5.82 Å². The Morgan fingerprint density at radius 3 is 2.58 bits per heavy atom. The Morgan fingerprint density at radius 1 is 1.15 bits per heavy atom. The average molecular weight is 588 g/mol. The number of carbonyl (C=O) groups excluding carboxylic acids is 3. The molecular formula is C27H24ClF2N5O4S. The zero-order valence-electron chi connectivity index (χ0n) is 21.5. The Hall–Kier alpha value is -3.74. The molecule has 1 atom stereocenters. The van der Waals surface area contributed by atoms with Crippen molar-refractivity contribution in [3.8, 4) is 0 Å². The van der Waals surface area contributed by atoms with Crippen molar-refractivity contribution in [2.45, 2.75) is 26.3 Å². The van der Waals surface area contributed by atoms with Gasteiger partial charge in [0.25, 0.3) is 11.8 Å². The number of benzene rings is 2. The van der Waals surface area contributed by atoms with Crippen LogP contribution >= 0.6 is 23.1 Å². The van der Waals surface area contributed by atoms with Crippen molar-refractivity contribution < 1.29 is 27.9 Å². The van der Waals surface area contributed by atoms with Crippen LogP contribution in [0.15, 0.2) is 36.4 Å². The maximum Gasteiger partial charge on any atom is 0.287 e. The van der Waals surface area contributed by atoms with Gasteiger partial charge in [-0.15, -0.1) is 0 Å². The van der Waals surface area contributed by atoms with Crippen LogP contribution in [0.1, 0.15) is 52.1 Å². The van der Waals surface area contributed by atoms with E-state index < -0.39 is 29.4 Å². The Morgan fingerprint density at radius 2 is 1.88 bits per heavy atom. The van der Waals surface area contributed by atoms with Crippen LogP contribution in [0.5, 0.6) is 0 Å². The molecule has 1 aliphatic rings. The number of ketones is 1. The number of amides is 2. The summed E-state index contributed by atoms with van der Waals surface area (Å²) in [6.07, 6.45) is 0. The minimum Gasteiger partial charge on any atom is -0.381 e. The summed E-state index contributed by atoms with van der Waals surface area (Å²) in [4.78, 5) is 43.4. The van der Waals surface area contributed by atoms with E-state index in [0.717, 1.165) is 11.5 Å². The lowest BCUT2D eigenvalue weighted by atomic mass is 9.96. The van der Waals surface area contributed by atoms with E-state index in [9.17, 15) is 23.2 Å². The summed E-state index contributed by atoms with van der Waals surface area (Å²) >= 11 is 7.44. The lowest BCUT2D eigenvalue weighted by Gasteiger charge is -2.25. The molecule has 0 spiro atoms. The molecule has 2 N–H and O–H groups in total. The van der Waals surface area contributed by atoms with Crippen molar-refractivity contribution in [2.75, 3.05) is 25.1 Å². The van der Waals surface area contributed by atoms with Gasteiger partial charge in [0.1, 0.15) is 23.1 Å². The first-order chi connectivity index (χ1) is 19.1. The number of ether oxygens (including phenoxy) is 1. The molecule has 5 rings (SSSR count). The summed E-state index contributed by atoms with van der Waals surface area (Å²) in [6, 6.07) is 7.86. The number of nitrogens with zero attached hydrogens (tertiary/aromatic N) is 3. The summed E-state index contributed by atoms with van der Waals surface area (Å²) in [5.41, 5.74) is 0.597. The topological polar surface area (TPSA) is 115 Å². The maximum absolute atomic E-state index is 14.2. The van der Waals surface area contributed by atoms with Crippen LogP contribution in [-0.4, -0.2) is 51.3 Å². The van der Waals surface area contributed by atoms with Gasteiger partial charge in [0, 0.05) is 28.8 Å². The SMILES string of the molecule is CC(=O)Cn1c(C(=O)NCC2COC2)nc(NC(=O)c2nsc3ccc(F)cc23)c1[C@H](C)c1cc(F)ccc1Cl. The molecule has 0 unspecified atom stereocenters. The van der Waals surface area contributed by atoms with E-state index >= 15 is 0 Å². The molecule has 0 bridgehead atoms. The molecule has 0 saturated carbocycles. The number of anilines is 1. The number of halogens is 3. The van der Waals surface area contributed by atoms with Crippen molar-refractivity contribution in [1.29, 1.82) is 0 Å². The van der Waals surface area contributed by atoms with E-state index in [2.05, 4.69) is 20.0 Å². The molecule has 0 radical (unpaired) electrons. The van der Waals surface area contributed by atoms with Crippen LogP contribution in [0.2, 0.25) is 5.02 Å². The number of fused-ring (bicyclic) bond motifs is 1. The second-order valence-corrected chi connectivity index (χ2v) is 10.8. The van der Waals surface area contributed by atoms with E-state index in [4.69, 9.17) is 16.3 Å². The molecule has 3 heterocycles. The number of Topliss-reactive ketones (excluding diaryl/α,β-unsaturated/α-hetero) is 1. The molecular weight excluding hydrogens is 564 g/mol. The molecule has 1 fully saturated rings. The molecule has 2 amide bonds. The first-order valence-electron chi connectivity index (χ1n) is 12.4. The van der Waals surface area contributed by atoms with E-state index in [1.54, 1.807) is 6.92 Å². The second-order valence-electron chi connectivity index (χ2n) is 9.58. The molecule has 9 nitrogen and oxygen atoms in total. The van der Waals surface area contributed by atoms with Crippen molar-refractivity contribution in [1.82, 2.24) is 19.2 Å². The van der Waals surface area contributed by atoms with Crippen LogP contribution in [0, 0.1) is 17.6 Å². The van der Waals surface area contributed by atoms with Crippen molar-refractivity contribution in [2.24, 2.45) is 5.92 Å². The summed E-state index contributed by atoms with van der Waals surface area (Å²) in [5, 5.41) is 6.05. The number of rotatable bonds is 9. The minimum atomic E-state index is -0.712. The van der Waals surface area contributed by atoms with Gasteiger partial charge in [-0.25, -0.2) is 13.8 Å². The monoisotopic (exact) mass is 587 g/mol. The van der Waals surface area contributed by atoms with Gasteiger partial charge < -0.3 is 19.9 Å². The Labute approximate surface area is 236 Å². The van der Waals surface area contributed by atoms with E-state index in [1.807, 2.05) is 0 Å². The van der Waals surface area contributed by atoms with Gasteiger partial charge in [0.05, 0.1) is 30.2 Å². The second kappa shape index (κ2) is 11.4. The van der Waals surface area contributed by atoms with Crippen molar-refractivity contribution >= 4 is 56.6 Å². The molecule has 2 aromatic heterocycles. The largest absolute Gasteiger partial charge is 0.381 e. The van der Waals surface area contributed by atoms with Crippen molar-refractivity contribution in [3.63, 3.8) is 0 Å². The molecule has 4 aromatic rings. The van der Waals surface area contributed by atoms with E-state index in [-0.39, 0.29) is 46.3 Å². The number of hydrogen-bond acceptors (Lipinski definition) is 7. The van der Waals surface area contributed by atoms with Crippen LogP contribution in [0.25, 0.3) is 10.1 Å². The fourth-order valence-electron chi connectivity index (χ4n) is 4.51. The standard InChI is InChI=1S/C27H24ClF2N5O4S/c1-13(36)10-35-23(14(2)18-7-16(29)3-5-20(18)28)24(32-25(35)27(38)31-9-15-11-39-12-15)33-26(37)22-19-8-17(30)4-6-21(19)40-34-22/h3-8,14-15H,9-12H2,1-2H3,(H,31,38)(H,33,37)/t14-/m1/s1. The number of hydrogen-bond donors (Lipinski definition) is 2. The van der Waals surface area contributed by atoms with Crippen molar-refractivity contribution in [3.05, 3.63) is 75.8 Å². The molecule has 1 saturated heterocycles. The molecule has 0 aliphatic carbocycles. The highest BCUT2D eigenvalue weighted by molar-refractivity contribution is 7.13. The molecule has 1 aliphatic heterocycles. The summed E-state index contributed by atoms with van der Waals surface area (Å²) in [6.45, 7) is 4.19. The lowest BCUT2D eigenvalue weighted by molar-refractivity contribution is -0.117. The van der Waals surface area contributed by atoms with Crippen LogP contribution in [-0.2, 0) is 16.1 Å². The highest BCUT2D eigenvalue weighted by atomic mass is 35.5. The third kappa shape index (κ3) is 5.60. The maximum atomic E-state index is 14.2. The Balaban J connectivity index is 1.60. The molecule has 208 valence electrons. The fraction of sp³-hybridized carbons (Fsp3) is 0.296. The molecule has 40 heavy (non-hydrogen) atoms. The zero-order valence-corrected chi connectivity index (χ0v) is 23.0. The number of aromatic nitrogens is 3. The molecule has 2 aromatic carbocycles. The summed E-state index contributed by atoms with van der Waals surface area (Å²) < 4.78 is 39.5. The smallest absolute Gasteiger partial charge is 0.287 e. The normalized spacial score (nSPS) is 14.1. The Kier molecular flexibility index (Phi) is 7.92. The van der Waals surface area contributed by atoms with Crippen LogP contribution in [0.3, 0.4) is 0 Å². The quantitative estimate of drug-likeness (QED) is 0.291. The average Bonchev–Trinajstić information content (AvgIpc) is 3.44. The lowest BCUT2D eigenvalue weighted by Crippen LogP contribution is -2.40. The zero-order chi connectivity index (χ0) is 28.6. The van der Waals surface area contributed by atoms with Gasteiger partial charge in [-0.2, -0.15) is 4.37 Å². The van der Waals surface area contributed by atoms with Gasteiger partial charge in [-0.3, -0.25) is 14.4 Å². The van der Waals surface area contributed by atoms with Gasteiger partial charge >= 0.3 is 0 Å². The van der Waals surface area contributed by atoms with Gasteiger partial charge in [0.15, 0.2) is 5.82 Å².